The van der Waals surface area contributed by atoms with E-state index in [9.17, 15) is 4.79 Å². The van der Waals surface area contributed by atoms with Crippen molar-refractivity contribution in [2.24, 2.45) is 0 Å². The lowest BCUT2D eigenvalue weighted by molar-refractivity contribution is 0.303. The van der Waals surface area contributed by atoms with E-state index in [1.165, 1.54) is 5.56 Å². The minimum atomic E-state index is -0.00248. The van der Waals surface area contributed by atoms with Crippen LogP contribution in [0.2, 0.25) is 0 Å². The molecule has 0 unspecified atom stereocenters. The van der Waals surface area contributed by atoms with E-state index >= 15 is 0 Å². The molecule has 0 aliphatic carbocycles. The smallest absolute Gasteiger partial charge is 0.261 e. The number of rotatable bonds is 9. The summed E-state index contributed by atoms with van der Waals surface area (Å²) in [5.74, 6) is 2.36. The molecule has 0 fully saturated rings. The first kappa shape index (κ1) is 21.6. The van der Waals surface area contributed by atoms with Gasteiger partial charge in [0.15, 0.2) is 0 Å². The number of nitrogens with zero attached hydrogens (tertiary/aromatic N) is 2. The number of aromatic nitrogens is 2. The van der Waals surface area contributed by atoms with Gasteiger partial charge >= 0.3 is 0 Å². The number of hydrogen-bond acceptors (Lipinski definition) is 4. The van der Waals surface area contributed by atoms with Crippen LogP contribution in [0.1, 0.15) is 24.8 Å². The summed E-state index contributed by atoms with van der Waals surface area (Å²) in [6.45, 7) is 3.34. The van der Waals surface area contributed by atoms with Crippen LogP contribution in [0.5, 0.6) is 11.5 Å². The number of fused-ring (bicyclic) bond motifs is 1. The highest BCUT2D eigenvalue weighted by molar-refractivity contribution is 5.79. The summed E-state index contributed by atoms with van der Waals surface area (Å²) in [6, 6.07) is 23.3. The highest BCUT2D eigenvalue weighted by atomic mass is 16.5. The van der Waals surface area contributed by atoms with Gasteiger partial charge in [0.2, 0.25) is 0 Å². The molecule has 1 aromatic heterocycles. The Labute approximate surface area is 188 Å². The second-order valence-electron chi connectivity index (χ2n) is 7.86. The van der Waals surface area contributed by atoms with Crippen LogP contribution in [0.3, 0.4) is 0 Å². The minimum absolute atomic E-state index is 0.00248. The van der Waals surface area contributed by atoms with Crippen LogP contribution in [-0.4, -0.2) is 23.3 Å². The van der Waals surface area contributed by atoms with Crippen LogP contribution in [-0.2, 0) is 6.54 Å². The van der Waals surface area contributed by atoms with Gasteiger partial charge in [-0.2, -0.15) is 0 Å². The van der Waals surface area contributed by atoms with Crippen LogP contribution < -0.4 is 15.0 Å². The quantitative estimate of drug-likeness (QED) is 0.324. The van der Waals surface area contributed by atoms with E-state index in [0.29, 0.717) is 29.9 Å². The van der Waals surface area contributed by atoms with Crippen molar-refractivity contribution in [3.63, 3.8) is 0 Å². The van der Waals surface area contributed by atoms with E-state index in [1.807, 2.05) is 60.7 Å². The van der Waals surface area contributed by atoms with E-state index in [1.54, 1.807) is 11.7 Å². The molecule has 5 nitrogen and oxygen atoms in total. The Hall–Kier alpha value is -3.60. The number of methoxy groups -OCH3 is 1. The van der Waals surface area contributed by atoms with Crippen LogP contribution in [0, 0.1) is 6.92 Å². The zero-order chi connectivity index (χ0) is 22.3. The predicted octanol–water partition coefficient (Wildman–Crippen LogP) is 5.63. The second-order valence-corrected chi connectivity index (χ2v) is 7.86. The molecule has 4 rings (SSSR count). The number of unbranched alkanes of at least 4 members (excludes halogenated alkanes) is 2. The Kier molecular flexibility index (Phi) is 6.85. The van der Waals surface area contributed by atoms with Crippen molar-refractivity contribution in [2.75, 3.05) is 13.7 Å². The normalized spacial score (nSPS) is 10.9. The summed E-state index contributed by atoms with van der Waals surface area (Å²) in [5, 5.41) is 0.646. The first-order chi connectivity index (χ1) is 15.7. The van der Waals surface area contributed by atoms with Crippen LogP contribution in [0.15, 0.2) is 77.6 Å². The molecule has 0 atom stereocenters. The van der Waals surface area contributed by atoms with Crippen molar-refractivity contribution in [2.45, 2.75) is 32.7 Å². The Morgan fingerprint density at radius 3 is 2.31 bits per heavy atom. The summed E-state index contributed by atoms with van der Waals surface area (Å²) < 4.78 is 12.9. The van der Waals surface area contributed by atoms with Gasteiger partial charge in [-0.1, -0.05) is 29.8 Å². The van der Waals surface area contributed by atoms with Crippen molar-refractivity contribution in [1.82, 2.24) is 9.55 Å². The minimum Gasteiger partial charge on any atom is -0.497 e. The Bertz CT molecular complexity index is 1230. The molecule has 0 saturated heterocycles. The maximum Gasteiger partial charge on any atom is 0.261 e. The number of hydrogen-bond donors (Lipinski definition) is 0. The largest absolute Gasteiger partial charge is 0.497 e. The van der Waals surface area contributed by atoms with Gasteiger partial charge in [0.25, 0.3) is 5.56 Å². The average Bonchev–Trinajstić information content (AvgIpc) is 2.83. The number of benzene rings is 3. The second kappa shape index (κ2) is 10.1. The third kappa shape index (κ3) is 4.99. The fraction of sp³-hybridized carbons (Fsp3) is 0.259. The molecule has 3 aromatic carbocycles. The molecule has 5 heteroatoms. The molecule has 0 spiro atoms. The molecule has 4 aromatic rings. The summed E-state index contributed by atoms with van der Waals surface area (Å²) in [6.07, 6.45) is 2.77. The first-order valence-corrected chi connectivity index (χ1v) is 11.0. The third-order valence-electron chi connectivity index (χ3n) is 5.53. The molecule has 0 radical (unpaired) electrons. The first-order valence-electron chi connectivity index (χ1n) is 11.0. The van der Waals surface area contributed by atoms with Gasteiger partial charge in [-0.25, -0.2) is 4.98 Å². The van der Waals surface area contributed by atoms with E-state index in [-0.39, 0.29) is 5.56 Å². The van der Waals surface area contributed by atoms with E-state index in [0.717, 1.165) is 36.3 Å². The molecule has 0 bridgehead atoms. The SMILES string of the molecule is COc1ccc(-c2nc3ccccc3c(=O)n2CCCCCOc2ccc(C)cc2)cc1. The van der Waals surface area contributed by atoms with Crippen LogP contribution in [0.25, 0.3) is 22.3 Å². The summed E-state index contributed by atoms with van der Waals surface area (Å²) >= 11 is 0. The van der Waals surface area contributed by atoms with Crippen LogP contribution in [0.4, 0.5) is 0 Å². The molecular weight excluding hydrogens is 400 g/mol. The van der Waals surface area contributed by atoms with Crippen molar-refractivity contribution >= 4 is 10.9 Å². The Morgan fingerprint density at radius 1 is 0.844 bits per heavy atom. The fourth-order valence-corrected chi connectivity index (χ4v) is 3.71. The third-order valence-corrected chi connectivity index (χ3v) is 5.53. The monoisotopic (exact) mass is 428 g/mol. The molecule has 32 heavy (non-hydrogen) atoms. The molecule has 1 heterocycles. The van der Waals surface area contributed by atoms with Gasteiger partial charge < -0.3 is 9.47 Å². The molecular formula is C27H28N2O3. The van der Waals surface area contributed by atoms with E-state index in [4.69, 9.17) is 14.5 Å². The zero-order valence-electron chi connectivity index (χ0n) is 18.6. The highest BCUT2D eigenvalue weighted by Gasteiger charge is 2.12. The Morgan fingerprint density at radius 2 is 1.56 bits per heavy atom. The fourth-order valence-electron chi connectivity index (χ4n) is 3.71. The number of para-hydroxylation sites is 1. The predicted molar refractivity (Wildman–Crippen MR) is 129 cm³/mol. The highest BCUT2D eigenvalue weighted by Crippen LogP contribution is 2.22. The standard InChI is InChI=1S/C27H28N2O3/c1-20-10-14-23(15-11-20)32-19-7-3-6-18-29-26(21-12-16-22(31-2)17-13-21)28-25-9-5-4-8-24(25)27(29)30/h4-5,8-17H,3,6-7,18-19H2,1-2H3. The average molecular weight is 429 g/mol. The topological polar surface area (TPSA) is 53.3 Å². The lowest BCUT2D eigenvalue weighted by Gasteiger charge is -2.14. The zero-order valence-corrected chi connectivity index (χ0v) is 18.6. The molecule has 0 N–H and O–H groups in total. The molecule has 0 amide bonds. The molecule has 0 aliphatic heterocycles. The van der Waals surface area contributed by atoms with E-state index < -0.39 is 0 Å². The van der Waals surface area contributed by atoms with Gasteiger partial charge in [0, 0.05) is 12.1 Å². The van der Waals surface area contributed by atoms with Gasteiger partial charge in [-0.15, -0.1) is 0 Å². The van der Waals surface area contributed by atoms with Crippen molar-refractivity contribution in [3.05, 3.63) is 88.7 Å². The molecule has 0 saturated carbocycles. The summed E-state index contributed by atoms with van der Waals surface area (Å²) in [5.41, 5.74) is 2.83. The number of aryl methyl sites for hydroxylation is 1. The van der Waals surface area contributed by atoms with Crippen molar-refractivity contribution in [1.29, 1.82) is 0 Å². The van der Waals surface area contributed by atoms with Crippen molar-refractivity contribution < 1.29 is 9.47 Å². The molecule has 0 aliphatic rings. The summed E-state index contributed by atoms with van der Waals surface area (Å²) in [4.78, 5) is 18.1. The van der Waals surface area contributed by atoms with Gasteiger partial charge in [0.05, 0.1) is 24.6 Å². The van der Waals surface area contributed by atoms with Gasteiger partial charge in [-0.05, 0) is 74.7 Å². The lowest BCUT2D eigenvalue weighted by atomic mass is 10.1. The number of ether oxygens (including phenoxy) is 2. The molecule has 164 valence electrons. The van der Waals surface area contributed by atoms with E-state index in [2.05, 4.69) is 19.1 Å². The summed E-state index contributed by atoms with van der Waals surface area (Å²) in [7, 11) is 1.64. The van der Waals surface area contributed by atoms with Gasteiger partial charge in [0.1, 0.15) is 17.3 Å². The lowest BCUT2D eigenvalue weighted by Crippen LogP contribution is -2.23. The maximum atomic E-state index is 13.3. The van der Waals surface area contributed by atoms with Crippen molar-refractivity contribution in [3.8, 4) is 22.9 Å². The maximum absolute atomic E-state index is 13.3. The Balaban J connectivity index is 1.47. The van der Waals surface area contributed by atoms with Gasteiger partial charge in [-0.3, -0.25) is 9.36 Å². The van der Waals surface area contributed by atoms with Crippen LogP contribution >= 0.6 is 0 Å².